The third-order valence-electron chi connectivity index (χ3n) is 9.01. The van der Waals surface area contributed by atoms with Crippen molar-refractivity contribution in [3.63, 3.8) is 0 Å². The van der Waals surface area contributed by atoms with Crippen molar-refractivity contribution < 1.29 is 41.6 Å². The van der Waals surface area contributed by atoms with Gasteiger partial charge in [0, 0.05) is 35.6 Å². The highest BCUT2D eigenvalue weighted by molar-refractivity contribution is 7.85. The van der Waals surface area contributed by atoms with Crippen molar-refractivity contribution in [1.82, 2.24) is 20.2 Å². The molecule has 5 aromatic rings. The summed E-state index contributed by atoms with van der Waals surface area (Å²) in [5.41, 5.74) is 2.07. The lowest BCUT2D eigenvalue weighted by molar-refractivity contribution is -0.893. The zero-order valence-corrected chi connectivity index (χ0v) is 35.4. The number of aliphatic hydroxyl groups is 1. The van der Waals surface area contributed by atoms with E-state index in [0.717, 1.165) is 28.6 Å². The Morgan fingerprint density at radius 3 is 2.60 bits per heavy atom. The van der Waals surface area contributed by atoms with Gasteiger partial charge in [0.15, 0.2) is 39.2 Å². The van der Waals surface area contributed by atoms with Gasteiger partial charge in [-0.05, 0) is 81.0 Å². The van der Waals surface area contributed by atoms with E-state index in [1.165, 1.54) is 34.8 Å². The first-order valence-corrected chi connectivity index (χ1v) is 22.1. The zero-order valence-electron chi connectivity index (χ0n) is 32.9. The number of fused-ring (bicyclic) bond motifs is 1. The largest absolute Gasteiger partial charge is 0.748 e. The summed E-state index contributed by atoms with van der Waals surface area (Å²) in [5, 5.41) is 34.4. The number of para-hydroxylation sites is 1. The molecule has 0 radical (unpaired) electrons. The highest BCUT2D eigenvalue weighted by atomic mass is 32.2. The number of carboxylic acid groups (broad SMARTS) is 1. The topological polar surface area (TPSA) is 191 Å². The number of hydrogen-bond donors (Lipinski definition) is 3. The predicted octanol–water partition coefficient (Wildman–Crippen LogP) is 6.89. The minimum absolute atomic E-state index is 0.0884. The Kier molecular flexibility index (Phi) is 15.5. The van der Waals surface area contributed by atoms with Crippen molar-refractivity contribution in [2.75, 3.05) is 56.3 Å². The first-order chi connectivity index (χ1) is 27.6. The molecule has 0 spiro atoms. The smallest absolute Gasteiger partial charge is 0.355 e. The summed E-state index contributed by atoms with van der Waals surface area (Å²) in [7, 11) is -0.596. The van der Waals surface area contributed by atoms with Crippen LogP contribution in [0, 0.1) is 24.6 Å². The second-order valence-corrected chi connectivity index (χ2v) is 18.1. The molecule has 5 rings (SSSR count). The van der Waals surface area contributed by atoms with E-state index in [1.54, 1.807) is 11.0 Å². The Balaban J connectivity index is 1.31. The standard InChI is InChI=1S/C40H48FN7O7S3/c1-5-6-7-13-28-18-19-32(30(41)25-28)55-22-11-17-34-36(38(50)51)43-40(57-34)47(20-10-14-29(49)26-48(3,4)21-12-23-58(52,53)54)35-24-27(2)37(46-45-35)44-39-42-31-15-8-9-16-33(31)56-39/h8-9,15-16,18-19,24-25,29,49H,5-6,10-12,14,17,20-23,26H2,1-4H3,(H2-,42,44,46,50,51,52,53,54). The van der Waals surface area contributed by atoms with Gasteiger partial charge in [-0.15, -0.1) is 21.5 Å². The number of halogens is 1. The third kappa shape index (κ3) is 13.1. The molecular formula is C40H48FN7O7S3. The van der Waals surface area contributed by atoms with E-state index in [4.69, 9.17) is 4.74 Å². The molecular weight excluding hydrogens is 806 g/mol. The molecule has 18 heteroatoms. The lowest BCUT2D eigenvalue weighted by Gasteiger charge is -2.32. The van der Waals surface area contributed by atoms with E-state index in [9.17, 15) is 32.4 Å². The fraction of sp³-hybridized carbons (Fsp3) is 0.425. The summed E-state index contributed by atoms with van der Waals surface area (Å²) in [6.45, 7) is 5.08. The van der Waals surface area contributed by atoms with Crippen LogP contribution < -0.4 is 15.0 Å². The number of rotatable bonds is 21. The summed E-state index contributed by atoms with van der Waals surface area (Å²) >= 11 is 2.69. The highest BCUT2D eigenvalue weighted by Gasteiger charge is 2.25. The first-order valence-electron chi connectivity index (χ1n) is 18.9. The minimum atomic E-state index is -4.32. The lowest BCUT2D eigenvalue weighted by atomic mass is 10.1. The first kappa shape index (κ1) is 44.3. The van der Waals surface area contributed by atoms with Gasteiger partial charge in [0.1, 0.15) is 12.6 Å². The molecule has 3 aromatic heterocycles. The maximum Gasteiger partial charge on any atom is 0.355 e. The van der Waals surface area contributed by atoms with Crippen molar-refractivity contribution in [1.29, 1.82) is 0 Å². The van der Waals surface area contributed by atoms with Crippen LogP contribution >= 0.6 is 22.7 Å². The molecule has 1 atom stereocenters. The molecule has 1 unspecified atom stereocenters. The van der Waals surface area contributed by atoms with Crippen LogP contribution in [0.5, 0.6) is 5.75 Å². The lowest BCUT2D eigenvalue weighted by Crippen LogP contribution is -2.46. The predicted molar refractivity (Wildman–Crippen MR) is 224 cm³/mol. The van der Waals surface area contributed by atoms with Gasteiger partial charge in [0.25, 0.3) is 0 Å². The number of aliphatic hydroxyl groups excluding tert-OH is 1. The van der Waals surface area contributed by atoms with E-state index in [2.05, 4.69) is 37.3 Å². The van der Waals surface area contributed by atoms with Gasteiger partial charge < -0.3 is 34.2 Å². The van der Waals surface area contributed by atoms with Gasteiger partial charge >= 0.3 is 5.97 Å². The average molecular weight is 854 g/mol. The summed E-state index contributed by atoms with van der Waals surface area (Å²) in [5.74, 6) is 4.77. The maximum absolute atomic E-state index is 14.7. The summed E-state index contributed by atoms with van der Waals surface area (Å²) in [6, 6.07) is 14.2. The van der Waals surface area contributed by atoms with Crippen LogP contribution in [0.25, 0.3) is 10.2 Å². The van der Waals surface area contributed by atoms with Crippen LogP contribution in [0.2, 0.25) is 0 Å². The van der Waals surface area contributed by atoms with Crippen LogP contribution in [0.3, 0.4) is 0 Å². The molecule has 0 bridgehead atoms. The monoisotopic (exact) mass is 853 g/mol. The summed E-state index contributed by atoms with van der Waals surface area (Å²) in [4.78, 5) is 23.9. The molecule has 0 aliphatic heterocycles. The molecule has 2 aromatic carbocycles. The molecule has 310 valence electrons. The van der Waals surface area contributed by atoms with Crippen LogP contribution in [-0.2, 0) is 16.5 Å². The number of benzene rings is 2. The van der Waals surface area contributed by atoms with E-state index < -0.39 is 33.8 Å². The SMILES string of the molecule is CCCC#Cc1ccc(OCCCc2sc(N(CCCC(O)C[N+](C)(C)CCCS(=O)(=O)[O-])c3cc(C)c(Nc4nc5ccccc5s4)nn3)nc2C(=O)O)c(F)c1. The number of quaternary nitrogens is 1. The van der Waals surface area contributed by atoms with Crippen LogP contribution in [0.15, 0.2) is 48.5 Å². The molecule has 58 heavy (non-hydrogen) atoms. The Labute approximate surface area is 346 Å². The molecule has 0 aliphatic carbocycles. The molecule has 0 saturated heterocycles. The third-order valence-corrected chi connectivity index (χ3v) is 11.9. The molecule has 3 heterocycles. The van der Waals surface area contributed by atoms with Crippen molar-refractivity contribution in [3.8, 4) is 17.6 Å². The van der Waals surface area contributed by atoms with Crippen LogP contribution in [0.1, 0.15) is 71.9 Å². The zero-order chi connectivity index (χ0) is 41.9. The van der Waals surface area contributed by atoms with Crippen LogP contribution in [0.4, 0.5) is 26.3 Å². The number of aryl methyl sites for hydroxylation is 2. The molecule has 0 aliphatic rings. The summed E-state index contributed by atoms with van der Waals surface area (Å²) in [6.07, 6.45) is 2.61. The average Bonchev–Trinajstić information content (AvgIpc) is 3.77. The number of aromatic nitrogens is 4. The summed E-state index contributed by atoms with van der Waals surface area (Å²) < 4.78 is 55.0. The second kappa shape index (κ2) is 20.3. The molecule has 0 amide bonds. The van der Waals surface area contributed by atoms with Gasteiger partial charge in [0.2, 0.25) is 0 Å². The fourth-order valence-corrected chi connectivity index (χ4v) is 8.64. The Bertz CT molecular complexity index is 2330. The van der Waals surface area contributed by atoms with Gasteiger partial charge in [-0.2, -0.15) is 0 Å². The number of carbonyl (C=O) groups is 1. The minimum Gasteiger partial charge on any atom is -0.748 e. The van der Waals surface area contributed by atoms with Gasteiger partial charge in [-0.1, -0.05) is 42.2 Å². The van der Waals surface area contributed by atoms with E-state index in [-0.39, 0.29) is 24.5 Å². The van der Waals surface area contributed by atoms with Crippen molar-refractivity contribution in [3.05, 3.63) is 76.0 Å². The van der Waals surface area contributed by atoms with Crippen molar-refractivity contribution in [2.24, 2.45) is 0 Å². The Morgan fingerprint density at radius 2 is 1.90 bits per heavy atom. The molecule has 0 saturated carbocycles. The van der Waals surface area contributed by atoms with Gasteiger partial charge in [-0.3, -0.25) is 0 Å². The molecule has 0 fully saturated rings. The Hall–Kier alpha value is -4.77. The number of hydrogen-bond acceptors (Lipinski definition) is 14. The fourth-order valence-electron chi connectivity index (χ4n) is 6.16. The molecule has 3 N–H and O–H groups in total. The maximum atomic E-state index is 14.7. The highest BCUT2D eigenvalue weighted by Crippen LogP contribution is 2.34. The number of unbranched alkanes of at least 4 members (excludes halogenated alkanes) is 1. The number of likely N-dealkylation sites (N-methyl/N-ethyl adjacent to an activating group) is 1. The van der Waals surface area contributed by atoms with E-state index >= 15 is 0 Å². The van der Waals surface area contributed by atoms with Gasteiger partial charge in [-0.25, -0.2) is 27.6 Å². The number of ether oxygens (including phenoxy) is 1. The number of thiazole rings is 2. The molecule has 14 nitrogen and oxygen atoms in total. The van der Waals surface area contributed by atoms with Crippen LogP contribution in [-0.4, -0.2) is 106 Å². The number of carboxylic acids is 1. The normalized spacial score (nSPS) is 12.3. The number of anilines is 4. The van der Waals surface area contributed by atoms with E-state index in [1.807, 2.05) is 58.3 Å². The van der Waals surface area contributed by atoms with Crippen molar-refractivity contribution >= 4 is 70.9 Å². The Morgan fingerprint density at radius 1 is 1.10 bits per heavy atom. The quantitative estimate of drug-likeness (QED) is 0.0300. The number of nitrogens with one attached hydrogen (secondary N) is 1. The number of nitrogens with zero attached hydrogens (tertiary/aromatic N) is 6. The van der Waals surface area contributed by atoms with Gasteiger partial charge in [0.05, 0.1) is 47.6 Å². The number of aromatic carboxylic acids is 1. The second-order valence-electron chi connectivity index (χ2n) is 14.5. The van der Waals surface area contributed by atoms with Crippen molar-refractivity contribution in [2.45, 2.75) is 64.9 Å². The van der Waals surface area contributed by atoms with E-state index in [0.29, 0.717) is 82.1 Å².